The van der Waals surface area contributed by atoms with Crippen molar-refractivity contribution in [2.45, 2.75) is 45.2 Å². The van der Waals surface area contributed by atoms with E-state index in [2.05, 4.69) is 19.1 Å². The summed E-state index contributed by atoms with van der Waals surface area (Å²) in [5.74, 6) is 0.591. The first-order valence-corrected chi connectivity index (χ1v) is 12.1. The summed E-state index contributed by atoms with van der Waals surface area (Å²) in [4.78, 5) is 15.5. The van der Waals surface area contributed by atoms with Gasteiger partial charge in [0.1, 0.15) is 0 Å². The van der Waals surface area contributed by atoms with Crippen LogP contribution in [0.25, 0.3) is 0 Å². The molecule has 0 N–H and O–H groups in total. The Bertz CT molecular complexity index is 1000. The van der Waals surface area contributed by atoms with Gasteiger partial charge >= 0.3 is 0 Å². The molecule has 29 heavy (non-hydrogen) atoms. The lowest BCUT2D eigenvalue weighted by atomic mass is 9.99. The lowest BCUT2D eigenvalue weighted by Gasteiger charge is -2.32. The van der Waals surface area contributed by atoms with Gasteiger partial charge in [-0.25, -0.2) is 8.42 Å². The molecule has 0 bridgehead atoms. The second-order valence-corrected chi connectivity index (χ2v) is 10.2. The van der Waals surface area contributed by atoms with E-state index in [1.165, 1.54) is 23.4 Å². The maximum absolute atomic E-state index is 13.5. The summed E-state index contributed by atoms with van der Waals surface area (Å²) in [5, 5.41) is 0. The number of aryl methyl sites for hydroxylation is 1. The molecular weight excluding hydrogens is 384 g/mol. The van der Waals surface area contributed by atoms with E-state index < -0.39 is 10.0 Å². The fourth-order valence-electron chi connectivity index (χ4n) is 4.22. The van der Waals surface area contributed by atoms with Gasteiger partial charge in [-0.2, -0.15) is 0 Å². The van der Waals surface area contributed by atoms with E-state index in [9.17, 15) is 13.2 Å². The minimum Gasteiger partial charge on any atom is -0.331 e. The number of anilines is 1. The molecule has 0 spiro atoms. The quantitative estimate of drug-likeness (QED) is 0.724. The first-order chi connectivity index (χ1) is 13.8. The molecule has 2 aromatic rings. The lowest BCUT2D eigenvalue weighted by molar-refractivity contribution is 0.0654. The van der Waals surface area contributed by atoms with Crippen LogP contribution in [0.1, 0.15) is 47.7 Å². The lowest BCUT2D eigenvalue weighted by Crippen LogP contribution is -2.39. The molecule has 2 aliphatic rings. The molecular formula is C23H28N2O3S. The van der Waals surface area contributed by atoms with Crippen LogP contribution in [0.5, 0.6) is 0 Å². The predicted octanol–water partition coefficient (Wildman–Crippen LogP) is 3.84. The van der Waals surface area contributed by atoms with E-state index in [4.69, 9.17) is 0 Å². The van der Waals surface area contributed by atoms with E-state index in [1.807, 2.05) is 29.2 Å². The minimum absolute atomic E-state index is 0.0209. The van der Waals surface area contributed by atoms with Crippen LogP contribution in [-0.2, 0) is 23.0 Å². The molecule has 1 atom stereocenters. The van der Waals surface area contributed by atoms with Crippen molar-refractivity contribution >= 4 is 21.6 Å². The minimum atomic E-state index is -3.31. The van der Waals surface area contributed by atoms with Gasteiger partial charge in [0.25, 0.3) is 5.91 Å². The van der Waals surface area contributed by atoms with Gasteiger partial charge in [0.15, 0.2) is 0 Å². The van der Waals surface area contributed by atoms with Gasteiger partial charge in [-0.15, -0.1) is 0 Å². The molecule has 4 rings (SSSR count). The molecule has 1 saturated carbocycles. The van der Waals surface area contributed by atoms with Crippen molar-refractivity contribution in [2.24, 2.45) is 5.92 Å². The number of rotatable bonds is 6. The maximum atomic E-state index is 13.5. The zero-order valence-electron chi connectivity index (χ0n) is 17.0. The molecule has 1 unspecified atom stereocenters. The number of carbonyl (C=O) groups excluding carboxylic acids is 1. The number of sulfonamides is 1. The first kappa shape index (κ1) is 20.0. The third-order valence-electron chi connectivity index (χ3n) is 6.06. The molecule has 2 aromatic carbocycles. The molecule has 0 aromatic heterocycles. The molecule has 1 aliphatic heterocycles. The van der Waals surface area contributed by atoms with Crippen molar-refractivity contribution in [2.75, 3.05) is 17.1 Å². The van der Waals surface area contributed by atoms with Crippen LogP contribution in [0.3, 0.4) is 0 Å². The van der Waals surface area contributed by atoms with Gasteiger partial charge < -0.3 is 4.90 Å². The standard InChI is InChI=1S/C23H28N2O3S/c1-17(19-10-11-19)24(16-18-7-4-3-5-8-18)23(26)21-12-13-22-20(15-21)9-6-14-25(22)29(2,27)28/h3-5,7-8,12-13,15,17,19H,6,9-11,14,16H2,1-2H3. The Labute approximate surface area is 173 Å². The fraction of sp³-hybridized carbons (Fsp3) is 0.435. The molecule has 0 saturated heterocycles. The Hall–Kier alpha value is -2.34. The first-order valence-electron chi connectivity index (χ1n) is 10.3. The van der Waals surface area contributed by atoms with Crippen LogP contribution >= 0.6 is 0 Å². The van der Waals surface area contributed by atoms with Crippen molar-refractivity contribution < 1.29 is 13.2 Å². The number of fused-ring (bicyclic) bond motifs is 1. The van der Waals surface area contributed by atoms with Gasteiger partial charge in [0, 0.05) is 24.7 Å². The van der Waals surface area contributed by atoms with E-state index in [0.717, 1.165) is 24.0 Å². The normalized spacial score (nSPS) is 17.5. The molecule has 6 heteroatoms. The van der Waals surface area contributed by atoms with Crippen LogP contribution in [0, 0.1) is 5.92 Å². The van der Waals surface area contributed by atoms with Crippen molar-refractivity contribution in [3.05, 3.63) is 65.2 Å². The summed E-state index contributed by atoms with van der Waals surface area (Å²) >= 11 is 0. The van der Waals surface area contributed by atoms with Gasteiger partial charge in [-0.3, -0.25) is 9.10 Å². The van der Waals surface area contributed by atoms with Gasteiger partial charge in [-0.1, -0.05) is 30.3 Å². The number of hydrogen-bond acceptors (Lipinski definition) is 3. The number of benzene rings is 2. The van der Waals surface area contributed by atoms with E-state index in [-0.39, 0.29) is 11.9 Å². The smallest absolute Gasteiger partial charge is 0.254 e. The van der Waals surface area contributed by atoms with Crippen LogP contribution in [0.2, 0.25) is 0 Å². The molecule has 1 heterocycles. The van der Waals surface area contributed by atoms with E-state index in [1.54, 1.807) is 12.1 Å². The third-order valence-corrected chi connectivity index (χ3v) is 7.24. The molecule has 1 aliphatic carbocycles. The highest BCUT2D eigenvalue weighted by molar-refractivity contribution is 7.92. The monoisotopic (exact) mass is 412 g/mol. The van der Waals surface area contributed by atoms with Crippen LogP contribution in [0.15, 0.2) is 48.5 Å². The number of amides is 1. The number of nitrogens with zero attached hydrogens (tertiary/aromatic N) is 2. The van der Waals surface area contributed by atoms with Crippen LogP contribution in [-0.4, -0.2) is 38.1 Å². The summed E-state index contributed by atoms with van der Waals surface area (Å²) in [6.45, 7) is 3.23. The predicted molar refractivity (Wildman–Crippen MR) is 115 cm³/mol. The topological polar surface area (TPSA) is 57.7 Å². The average Bonchev–Trinajstić information content (AvgIpc) is 3.55. The summed E-state index contributed by atoms with van der Waals surface area (Å²) in [7, 11) is -3.31. The zero-order valence-corrected chi connectivity index (χ0v) is 17.9. The third kappa shape index (κ3) is 4.32. The molecule has 1 fully saturated rings. The van der Waals surface area contributed by atoms with Crippen molar-refractivity contribution in [3.8, 4) is 0 Å². The summed E-state index contributed by atoms with van der Waals surface area (Å²) in [6, 6.07) is 15.7. The highest BCUT2D eigenvalue weighted by Gasteiger charge is 2.35. The van der Waals surface area contributed by atoms with Gasteiger partial charge in [0.2, 0.25) is 10.0 Å². The van der Waals surface area contributed by atoms with Crippen molar-refractivity contribution in [3.63, 3.8) is 0 Å². The zero-order chi connectivity index (χ0) is 20.6. The number of carbonyl (C=O) groups is 1. The van der Waals surface area contributed by atoms with Crippen LogP contribution < -0.4 is 4.31 Å². The maximum Gasteiger partial charge on any atom is 0.254 e. The van der Waals surface area contributed by atoms with Crippen molar-refractivity contribution in [1.29, 1.82) is 0 Å². The SMILES string of the molecule is CC(C1CC1)N(Cc1ccccc1)C(=O)c1ccc2c(c1)CCCN2S(C)(=O)=O. The average molecular weight is 413 g/mol. The Kier molecular flexibility index (Phi) is 5.38. The highest BCUT2D eigenvalue weighted by atomic mass is 32.2. The number of hydrogen-bond donors (Lipinski definition) is 0. The second-order valence-electron chi connectivity index (χ2n) is 8.28. The molecule has 0 radical (unpaired) electrons. The van der Waals surface area contributed by atoms with Gasteiger partial charge in [-0.05, 0) is 67.9 Å². The fourth-order valence-corrected chi connectivity index (χ4v) is 5.22. The second kappa shape index (κ2) is 7.82. The molecule has 5 nitrogen and oxygen atoms in total. The summed E-state index contributed by atoms with van der Waals surface area (Å²) < 4.78 is 25.7. The largest absolute Gasteiger partial charge is 0.331 e. The van der Waals surface area contributed by atoms with E-state index >= 15 is 0 Å². The Balaban J connectivity index is 1.64. The Morgan fingerprint density at radius 3 is 2.55 bits per heavy atom. The Morgan fingerprint density at radius 2 is 1.90 bits per heavy atom. The summed E-state index contributed by atoms with van der Waals surface area (Å²) in [5.41, 5.74) is 3.41. The Morgan fingerprint density at radius 1 is 1.17 bits per heavy atom. The molecule has 1 amide bonds. The van der Waals surface area contributed by atoms with Gasteiger partial charge in [0.05, 0.1) is 11.9 Å². The van der Waals surface area contributed by atoms with E-state index in [0.29, 0.717) is 30.3 Å². The van der Waals surface area contributed by atoms with Crippen molar-refractivity contribution in [1.82, 2.24) is 4.90 Å². The van der Waals surface area contributed by atoms with Crippen LogP contribution in [0.4, 0.5) is 5.69 Å². The molecule has 154 valence electrons. The highest BCUT2D eigenvalue weighted by Crippen LogP contribution is 2.37. The summed E-state index contributed by atoms with van der Waals surface area (Å²) in [6.07, 6.45) is 5.14.